The predicted octanol–water partition coefficient (Wildman–Crippen LogP) is -1.09. The summed E-state index contributed by atoms with van der Waals surface area (Å²) < 4.78 is 0. The first-order valence-corrected chi connectivity index (χ1v) is 3.26. The number of carboxylic acids is 2. The minimum atomic E-state index is -3.38. The number of hydrogen-bond donors (Lipinski definition) is 3. The standard InChI is InChI=1S/C6H8N2O6.CH3.3Y/c1-8-3(10)6(2(7)9,4(11)12)5(13)14;;;;/h1H3,(H5,7,8,9,10,11,12,13,14);1H3;;;/q;-1;;;/p-1. The molecule has 4 N–H and O–H groups in total. The van der Waals surface area contributed by atoms with E-state index in [1.807, 2.05) is 0 Å². The van der Waals surface area contributed by atoms with E-state index < -0.39 is 29.2 Å². The van der Waals surface area contributed by atoms with Crippen molar-refractivity contribution in [1.82, 2.24) is 5.32 Å². The van der Waals surface area contributed by atoms with E-state index in [1.54, 1.807) is 5.32 Å². The zero-order valence-corrected chi connectivity index (χ0v) is 18.3. The van der Waals surface area contributed by atoms with Crippen LogP contribution in [0.3, 0.4) is 0 Å². The molecule has 2 amide bonds. The van der Waals surface area contributed by atoms with Crippen LogP contribution in [0.15, 0.2) is 0 Å². The Kier molecular flexibility index (Phi) is 23.1. The largest absolute Gasteiger partial charge is 0.666 e. The molecule has 95 valence electrons. The topological polar surface area (TPSA) is 145 Å². The summed E-state index contributed by atoms with van der Waals surface area (Å²) in [4.78, 5) is 42.6. The number of amides is 2. The van der Waals surface area contributed by atoms with E-state index in [0.29, 0.717) is 0 Å². The number of hydrogen-bond acceptors (Lipinski definition) is 4. The molecule has 8 nitrogen and oxygen atoms in total. The summed E-state index contributed by atoms with van der Waals surface area (Å²) in [5.74, 6) is -7.94. The minimum absolute atomic E-state index is 0. The van der Waals surface area contributed by atoms with E-state index >= 15 is 0 Å². The molecule has 0 aromatic rings. The van der Waals surface area contributed by atoms with Gasteiger partial charge in [0.15, 0.2) is 0 Å². The van der Waals surface area contributed by atoms with Crippen LogP contribution >= 0.6 is 0 Å². The van der Waals surface area contributed by atoms with Crippen molar-refractivity contribution in [2.75, 3.05) is 7.05 Å². The Balaban J connectivity index is -0.000000141. The van der Waals surface area contributed by atoms with Gasteiger partial charge in [-0.2, -0.15) is 0 Å². The van der Waals surface area contributed by atoms with Gasteiger partial charge in [-0.25, -0.2) is 9.59 Å². The first kappa shape index (κ1) is 31.5. The van der Waals surface area contributed by atoms with Crippen molar-refractivity contribution in [2.24, 2.45) is 5.41 Å². The van der Waals surface area contributed by atoms with Crippen LogP contribution in [0.4, 0.5) is 0 Å². The Labute approximate surface area is 179 Å². The summed E-state index contributed by atoms with van der Waals surface area (Å²) in [7, 11) is 0.964. The van der Waals surface area contributed by atoms with E-state index in [2.05, 4.69) is 0 Å². The monoisotopic (exact) mass is 485 g/mol. The van der Waals surface area contributed by atoms with Gasteiger partial charge in [-0.1, -0.05) is 0 Å². The van der Waals surface area contributed by atoms with Gasteiger partial charge in [-0.05, 0) is 0 Å². The molecule has 11 heteroatoms. The van der Waals surface area contributed by atoms with Gasteiger partial charge in [0.25, 0.3) is 11.3 Å². The first-order valence-electron chi connectivity index (χ1n) is 3.26. The Morgan fingerprint density at radius 3 is 1.33 bits per heavy atom. The molecule has 18 heavy (non-hydrogen) atoms. The molecule has 0 bridgehead atoms. The van der Waals surface area contributed by atoms with Gasteiger partial charge in [-0.3, -0.25) is 4.79 Å². The third-order valence-corrected chi connectivity index (χ3v) is 1.55. The van der Waals surface area contributed by atoms with E-state index in [4.69, 9.17) is 15.9 Å². The van der Waals surface area contributed by atoms with Crippen LogP contribution in [-0.2, 0) is 117 Å². The summed E-state index contributed by atoms with van der Waals surface area (Å²) in [6.45, 7) is 0. The van der Waals surface area contributed by atoms with Crippen LogP contribution in [-0.4, -0.2) is 41.0 Å². The van der Waals surface area contributed by atoms with Gasteiger partial charge < -0.3 is 33.5 Å². The third-order valence-electron chi connectivity index (χ3n) is 1.55. The second-order valence-electron chi connectivity index (χ2n) is 2.27. The number of carbonyl (C=O) groups excluding carboxylic acids is 2. The molecule has 0 fully saturated rings. The third kappa shape index (κ3) is 6.10. The number of nitrogens with one attached hydrogen (secondary N) is 2. The molecule has 0 atom stereocenters. The number of carbonyl (C=O) groups is 4. The molecular formula is C7H10N2O6Y3-2. The van der Waals surface area contributed by atoms with E-state index in [1.165, 1.54) is 0 Å². The molecule has 0 unspecified atom stereocenters. The fourth-order valence-electron chi connectivity index (χ4n) is 0.771. The Bertz CT molecular complexity index is 286. The molecule has 3 radical (unpaired) electrons. The predicted molar refractivity (Wildman–Crippen MR) is 47.5 cm³/mol. The summed E-state index contributed by atoms with van der Waals surface area (Å²) in [6.07, 6.45) is 0. The summed E-state index contributed by atoms with van der Waals surface area (Å²) in [6, 6.07) is 0. The molecule has 0 rings (SSSR count). The fraction of sp³-hybridized carbons (Fsp3) is 0.286. The SMILES string of the molecule is CNC(=O)C(C([NH-])=O)(C(=O)O)C(=O)O.[CH3-].[Y].[Y].[Y]. The molecule has 0 aliphatic rings. The first-order chi connectivity index (χ1) is 6.31. The van der Waals surface area contributed by atoms with Crippen molar-refractivity contribution in [2.45, 2.75) is 0 Å². The van der Waals surface area contributed by atoms with Crippen LogP contribution < -0.4 is 5.32 Å². The number of aliphatic carboxylic acids is 2. The van der Waals surface area contributed by atoms with Crippen molar-refractivity contribution >= 4 is 23.8 Å². The molecule has 0 aliphatic carbocycles. The van der Waals surface area contributed by atoms with Crippen LogP contribution in [0.1, 0.15) is 0 Å². The van der Waals surface area contributed by atoms with Crippen molar-refractivity contribution in [3.63, 3.8) is 0 Å². The van der Waals surface area contributed by atoms with Crippen LogP contribution in [0.25, 0.3) is 5.73 Å². The second kappa shape index (κ2) is 13.2. The van der Waals surface area contributed by atoms with Crippen molar-refractivity contribution in [1.29, 1.82) is 0 Å². The zero-order chi connectivity index (χ0) is 11.5. The Morgan fingerprint density at radius 1 is 1.00 bits per heavy atom. The molecule has 0 spiro atoms. The molecule has 0 heterocycles. The molecule has 0 aromatic heterocycles. The van der Waals surface area contributed by atoms with E-state index in [0.717, 1.165) is 7.05 Å². The van der Waals surface area contributed by atoms with Crippen molar-refractivity contribution in [3.8, 4) is 0 Å². The normalized spacial score (nSPS) is 8.06. The summed E-state index contributed by atoms with van der Waals surface area (Å²) >= 11 is 0. The summed E-state index contributed by atoms with van der Waals surface area (Å²) in [5.41, 5.74) is 3.14. The Morgan fingerprint density at radius 2 is 1.28 bits per heavy atom. The van der Waals surface area contributed by atoms with E-state index in [9.17, 15) is 19.2 Å². The van der Waals surface area contributed by atoms with E-state index in [-0.39, 0.29) is 106 Å². The summed E-state index contributed by atoms with van der Waals surface area (Å²) in [5, 5.41) is 18.7. The number of rotatable bonds is 4. The van der Waals surface area contributed by atoms with Crippen LogP contribution in [0.2, 0.25) is 0 Å². The maximum atomic E-state index is 10.9. The minimum Gasteiger partial charge on any atom is -0.666 e. The van der Waals surface area contributed by atoms with Crippen LogP contribution in [0.5, 0.6) is 0 Å². The quantitative estimate of drug-likeness (QED) is 0.341. The smallest absolute Gasteiger partial charge is 0.336 e. The van der Waals surface area contributed by atoms with Crippen molar-refractivity contribution in [3.05, 3.63) is 13.2 Å². The molecule has 0 saturated carbocycles. The van der Waals surface area contributed by atoms with Gasteiger partial charge in [0.05, 0.1) is 5.91 Å². The molecule has 0 saturated heterocycles. The Hall–Kier alpha value is 1.19. The van der Waals surface area contributed by atoms with Crippen molar-refractivity contribution < 1.29 is 128 Å². The van der Waals surface area contributed by atoms with Gasteiger partial charge in [-0.15, -0.1) is 0 Å². The molecule has 0 aromatic carbocycles. The fourth-order valence-corrected chi connectivity index (χ4v) is 0.771. The molecular weight excluding hydrogens is 475 g/mol. The maximum Gasteiger partial charge on any atom is 0.336 e. The van der Waals surface area contributed by atoms with Gasteiger partial charge in [0.1, 0.15) is 0 Å². The average molecular weight is 485 g/mol. The number of carboxylic acid groups (broad SMARTS) is 2. The van der Waals surface area contributed by atoms with Gasteiger partial charge >= 0.3 is 11.9 Å². The van der Waals surface area contributed by atoms with Gasteiger partial charge in [0.2, 0.25) is 0 Å². The maximum absolute atomic E-state index is 10.9. The second-order valence-corrected chi connectivity index (χ2v) is 2.27. The van der Waals surface area contributed by atoms with Crippen LogP contribution in [0, 0.1) is 12.8 Å². The molecule has 0 aliphatic heterocycles. The zero-order valence-electron chi connectivity index (χ0n) is 9.76. The average Bonchev–Trinajstić information content (AvgIpc) is 2.02. The van der Waals surface area contributed by atoms with Gasteiger partial charge in [0, 0.05) is 105 Å².